The maximum absolute atomic E-state index is 13.3. The average Bonchev–Trinajstić information content (AvgIpc) is 3.20. The van der Waals surface area contributed by atoms with Crippen molar-refractivity contribution in [2.75, 3.05) is 25.0 Å². The number of carbonyl (C=O) groups excluding carboxylic acids is 1. The molecule has 3 aromatic rings. The highest BCUT2D eigenvalue weighted by molar-refractivity contribution is 8.00. The van der Waals surface area contributed by atoms with Crippen LogP contribution in [-0.2, 0) is 11.2 Å². The third-order valence-corrected chi connectivity index (χ3v) is 6.11. The van der Waals surface area contributed by atoms with Gasteiger partial charge in [-0.2, -0.15) is 0 Å². The van der Waals surface area contributed by atoms with Gasteiger partial charge in [-0.3, -0.25) is 4.79 Å². The predicted molar refractivity (Wildman–Crippen MR) is 116 cm³/mol. The number of aryl methyl sites for hydroxylation is 1. The van der Waals surface area contributed by atoms with Gasteiger partial charge in [-0.05, 0) is 29.8 Å². The van der Waals surface area contributed by atoms with Crippen molar-refractivity contribution >= 4 is 23.4 Å². The number of rotatable bonds is 6. The molecule has 0 bridgehead atoms. The maximum Gasteiger partial charge on any atom is 0.240 e. The van der Waals surface area contributed by atoms with E-state index >= 15 is 0 Å². The van der Waals surface area contributed by atoms with Gasteiger partial charge in [0.05, 0.1) is 20.3 Å². The van der Waals surface area contributed by atoms with Crippen LogP contribution >= 0.6 is 11.8 Å². The summed E-state index contributed by atoms with van der Waals surface area (Å²) in [5.41, 5.74) is 5.08. The molecule has 1 aliphatic heterocycles. The topological polar surface area (TPSA) is 90.3 Å². The van der Waals surface area contributed by atoms with Crippen LogP contribution in [0.3, 0.4) is 0 Å². The summed E-state index contributed by atoms with van der Waals surface area (Å²) in [5.74, 6) is 2.14. The molecule has 0 saturated heterocycles. The molecule has 1 amide bonds. The first kappa shape index (κ1) is 20.1. The second kappa shape index (κ2) is 8.66. The van der Waals surface area contributed by atoms with E-state index in [4.69, 9.17) is 9.47 Å². The number of fused-ring (bicyclic) bond motifs is 1. The highest BCUT2D eigenvalue weighted by Crippen LogP contribution is 2.38. The van der Waals surface area contributed by atoms with E-state index in [1.54, 1.807) is 20.3 Å². The molecule has 8 nitrogen and oxygen atoms in total. The van der Waals surface area contributed by atoms with Crippen LogP contribution in [0.2, 0.25) is 0 Å². The Kier molecular flexibility index (Phi) is 5.80. The lowest BCUT2D eigenvalue weighted by Gasteiger charge is -2.33. The summed E-state index contributed by atoms with van der Waals surface area (Å²) in [6.45, 7) is 2.02. The molecule has 0 radical (unpaired) electrons. The number of aromatic nitrogens is 3. The van der Waals surface area contributed by atoms with E-state index in [1.165, 1.54) is 11.8 Å². The Morgan fingerprint density at radius 1 is 1.13 bits per heavy atom. The van der Waals surface area contributed by atoms with E-state index in [0.717, 1.165) is 23.6 Å². The smallest absolute Gasteiger partial charge is 0.240 e. The van der Waals surface area contributed by atoms with Crippen LogP contribution in [0.1, 0.15) is 24.4 Å². The molecular formula is C21H23N5O3S. The van der Waals surface area contributed by atoms with Crippen molar-refractivity contribution in [1.82, 2.24) is 14.9 Å². The number of ether oxygens (including phenoxy) is 2. The Hall–Kier alpha value is -3.20. The van der Waals surface area contributed by atoms with E-state index in [2.05, 4.69) is 20.9 Å². The largest absolute Gasteiger partial charge is 0.497 e. The molecule has 156 valence electrons. The number of nitrogens with one attached hydrogen (secondary N) is 2. The fourth-order valence-corrected chi connectivity index (χ4v) is 4.40. The summed E-state index contributed by atoms with van der Waals surface area (Å²) < 4.78 is 12.4. The molecule has 2 heterocycles. The highest BCUT2D eigenvalue weighted by Gasteiger charge is 2.37. The number of amides is 1. The van der Waals surface area contributed by atoms with Crippen LogP contribution in [0.5, 0.6) is 11.5 Å². The van der Waals surface area contributed by atoms with Gasteiger partial charge < -0.3 is 20.2 Å². The molecule has 0 saturated carbocycles. The third kappa shape index (κ3) is 3.93. The lowest BCUT2D eigenvalue weighted by molar-refractivity contribution is -0.116. The summed E-state index contributed by atoms with van der Waals surface area (Å²) in [7, 11) is 3.23. The molecule has 0 unspecified atom stereocenters. The number of carbonyl (C=O) groups is 1. The lowest BCUT2D eigenvalue weighted by atomic mass is 10.0. The average molecular weight is 426 g/mol. The summed E-state index contributed by atoms with van der Waals surface area (Å²) >= 11 is 1.40. The minimum absolute atomic E-state index is 0.131. The molecule has 9 heteroatoms. The molecule has 2 atom stereocenters. The van der Waals surface area contributed by atoms with Crippen molar-refractivity contribution in [2.45, 2.75) is 29.8 Å². The second-order valence-corrected chi connectivity index (χ2v) is 7.84. The van der Waals surface area contributed by atoms with Crippen LogP contribution in [0.15, 0.2) is 53.7 Å². The van der Waals surface area contributed by atoms with Crippen molar-refractivity contribution in [3.8, 4) is 11.5 Å². The zero-order valence-electron chi connectivity index (χ0n) is 17.0. The molecule has 2 aromatic carbocycles. The summed E-state index contributed by atoms with van der Waals surface area (Å²) in [4.78, 5) is 13.3. The zero-order chi connectivity index (χ0) is 21.1. The van der Waals surface area contributed by atoms with Gasteiger partial charge in [-0.25, -0.2) is 4.68 Å². The van der Waals surface area contributed by atoms with Crippen molar-refractivity contribution in [3.05, 3.63) is 59.9 Å². The zero-order valence-corrected chi connectivity index (χ0v) is 17.8. The SMILES string of the molecule is CCc1nnc2n1N[C@H](c1ccc(OC)cc1)[C@H](C(=O)Nc1cccc(OC)c1)S2. The summed E-state index contributed by atoms with van der Waals surface area (Å²) in [5, 5.41) is 11.7. The van der Waals surface area contributed by atoms with Crippen molar-refractivity contribution in [1.29, 1.82) is 0 Å². The van der Waals surface area contributed by atoms with Crippen molar-refractivity contribution in [2.24, 2.45) is 0 Å². The number of nitrogens with zero attached hydrogens (tertiary/aromatic N) is 3. The molecule has 2 N–H and O–H groups in total. The van der Waals surface area contributed by atoms with Crippen LogP contribution in [0.25, 0.3) is 0 Å². The standard InChI is InChI=1S/C21H23N5O3S/c1-4-17-23-24-21-26(17)25-18(13-8-10-15(28-2)11-9-13)19(30-21)20(27)22-14-6-5-7-16(12-14)29-3/h5-12,18-19,25H,4H2,1-3H3,(H,22,27)/t18-,19-/m1/s1. The summed E-state index contributed by atoms with van der Waals surface area (Å²) in [6.07, 6.45) is 0.733. The molecule has 0 fully saturated rings. The number of hydrogen-bond acceptors (Lipinski definition) is 7. The van der Waals surface area contributed by atoms with Crippen LogP contribution in [0.4, 0.5) is 5.69 Å². The first-order chi connectivity index (χ1) is 14.6. The molecule has 0 spiro atoms. The van der Waals surface area contributed by atoms with E-state index in [-0.39, 0.29) is 11.9 Å². The Balaban J connectivity index is 1.65. The summed E-state index contributed by atoms with van der Waals surface area (Å²) in [6, 6.07) is 14.7. The van der Waals surface area contributed by atoms with Gasteiger partial charge in [0.1, 0.15) is 16.7 Å². The monoisotopic (exact) mass is 425 g/mol. The number of methoxy groups -OCH3 is 2. The van der Waals surface area contributed by atoms with E-state index in [9.17, 15) is 4.79 Å². The minimum Gasteiger partial charge on any atom is -0.497 e. The molecular weight excluding hydrogens is 402 g/mol. The Morgan fingerprint density at radius 2 is 1.90 bits per heavy atom. The molecule has 30 heavy (non-hydrogen) atoms. The van der Waals surface area contributed by atoms with Gasteiger partial charge in [-0.1, -0.05) is 36.9 Å². The van der Waals surface area contributed by atoms with Gasteiger partial charge >= 0.3 is 0 Å². The van der Waals surface area contributed by atoms with E-state index in [0.29, 0.717) is 16.6 Å². The number of hydrogen-bond donors (Lipinski definition) is 2. The van der Waals surface area contributed by atoms with Crippen LogP contribution < -0.4 is 20.2 Å². The second-order valence-electron chi connectivity index (χ2n) is 6.73. The fraction of sp³-hybridized carbons (Fsp3) is 0.286. The van der Waals surface area contributed by atoms with Crippen LogP contribution in [0, 0.1) is 0 Å². The first-order valence-corrected chi connectivity index (χ1v) is 10.5. The van der Waals surface area contributed by atoms with Gasteiger partial charge in [0.15, 0.2) is 5.82 Å². The molecule has 4 rings (SSSR count). The molecule has 0 aliphatic carbocycles. The van der Waals surface area contributed by atoms with Crippen LogP contribution in [-0.4, -0.2) is 40.3 Å². The minimum atomic E-state index is -0.453. The lowest BCUT2D eigenvalue weighted by Crippen LogP contribution is -2.41. The van der Waals surface area contributed by atoms with Gasteiger partial charge in [0.25, 0.3) is 0 Å². The van der Waals surface area contributed by atoms with Crippen molar-refractivity contribution in [3.63, 3.8) is 0 Å². The molecule has 1 aliphatic rings. The maximum atomic E-state index is 13.3. The Labute approximate surface area is 179 Å². The number of thioether (sulfide) groups is 1. The predicted octanol–water partition coefficient (Wildman–Crippen LogP) is 3.26. The van der Waals surface area contributed by atoms with E-state index in [1.807, 2.05) is 54.1 Å². The normalized spacial score (nSPS) is 17.6. The van der Waals surface area contributed by atoms with E-state index < -0.39 is 5.25 Å². The van der Waals surface area contributed by atoms with Gasteiger partial charge in [-0.15, -0.1) is 10.2 Å². The Morgan fingerprint density at radius 3 is 2.60 bits per heavy atom. The third-order valence-electron chi connectivity index (χ3n) is 4.89. The fourth-order valence-electron chi connectivity index (χ4n) is 3.30. The quantitative estimate of drug-likeness (QED) is 0.626. The Bertz CT molecular complexity index is 1040. The molecule has 1 aromatic heterocycles. The van der Waals surface area contributed by atoms with Crippen molar-refractivity contribution < 1.29 is 14.3 Å². The van der Waals surface area contributed by atoms with Gasteiger partial charge in [0.2, 0.25) is 11.1 Å². The van der Waals surface area contributed by atoms with Gasteiger partial charge in [0, 0.05) is 18.2 Å². The highest BCUT2D eigenvalue weighted by atomic mass is 32.2. The first-order valence-electron chi connectivity index (χ1n) is 9.59. The number of benzene rings is 2. The number of anilines is 1.